The van der Waals surface area contributed by atoms with Crippen LogP contribution in [-0.4, -0.2) is 31.2 Å². The standard InChI is InChI=1S/C22H32O4/c1-24-19-13-9-11-17-18-12-7-5-3-2-4-6-8-14-21(22(18,23)20(17)19)25-15-10-16-26-21/h9,11,13,18,23H,2-8,10,12,14-16H2,1H3/t18-,22-/m1/s1. The first-order valence-corrected chi connectivity index (χ1v) is 10.4. The molecule has 4 nitrogen and oxygen atoms in total. The summed E-state index contributed by atoms with van der Waals surface area (Å²) in [6.45, 7) is 1.30. The van der Waals surface area contributed by atoms with Crippen molar-refractivity contribution in [1.29, 1.82) is 0 Å². The molecule has 0 bridgehead atoms. The van der Waals surface area contributed by atoms with Crippen LogP contribution in [0.25, 0.3) is 0 Å². The van der Waals surface area contributed by atoms with Gasteiger partial charge in [0.2, 0.25) is 5.79 Å². The van der Waals surface area contributed by atoms with Crippen molar-refractivity contribution < 1.29 is 19.3 Å². The highest BCUT2D eigenvalue weighted by Crippen LogP contribution is 2.63. The lowest BCUT2D eigenvalue weighted by Gasteiger charge is -2.58. The van der Waals surface area contributed by atoms with Crippen LogP contribution in [0.4, 0.5) is 0 Å². The van der Waals surface area contributed by atoms with E-state index in [2.05, 4.69) is 6.07 Å². The fourth-order valence-corrected chi connectivity index (χ4v) is 5.28. The molecule has 2 fully saturated rings. The average molecular weight is 360 g/mol. The molecular weight excluding hydrogens is 328 g/mol. The van der Waals surface area contributed by atoms with Crippen molar-refractivity contribution in [3.63, 3.8) is 0 Å². The highest BCUT2D eigenvalue weighted by atomic mass is 16.7. The molecule has 4 rings (SSSR count). The lowest BCUT2D eigenvalue weighted by atomic mass is 9.57. The van der Waals surface area contributed by atoms with Crippen molar-refractivity contribution in [2.75, 3.05) is 20.3 Å². The van der Waals surface area contributed by atoms with Crippen LogP contribution < -0.4 is 4.74 Å². The quantitative estimate of drug-likeness (QED) is 0.793. The Labute approximate surface area is 156 Å². The van der Waals surface area contributed by atoms with E-state index in [4.69, 9.17) is 14.2 Å². The van der Waals surface area contributed by atoms with Gasteiger partial charge in [-0.3, -0.25) is 0 Å². The molecule has 1 aromatic carbocycles. The predicted molar refractivity (Wildman–Crippen MR) is 100 cm³/mol. The van der Waals surface area contributed by atoms with E-state index in [1.165, 1.54) is 37.7 Å². The number of rotatable bonds is 1. The molecule has 26 heavy (non-hydrogen) atoms. The molecule has 1 saturated carbocycles. The Morgan fingerprint density at radius 2 is 1.65 bits per heavy atom. The van der Waals surface area contributed by atoms with Crippen molar-refractivity contribution in [2.24, 2.45) is 0 Å². The van der Waals surface area contributed by atoms with E-state index in [0.29, 0.717) is 13.2 Å². The zero-order chi connectivity index (χ0) is 18.0. The van der Waals surface area contributed by atoms with E-state index < -0.39 is 11.4 Å². The second-order valence-electron chi connectivity index (χ2n) is 8.06. The summed E-state index contributed by atoms with van der Waals surface area (Å²) in [5, 5.41) is 12.1. The van der Waals surface area contributed by atoms with Crippen LogP contribution in [0.2, 0.25) is 0 Å². The SMILES string of the molecule is COc1cccc2c1[C@]1(O)[C@@H]2CCCCCCCCCC12OCCCO2. The molecule has 0 amide bonds. The Balaban J connectivity index is 1.77. The molecule has 2 atom stereocenters. The average Bonchev–Trinajstić information content (AvgIpc) is 2.68. The van der Waals surface area contributed by atoms with Gasteiger partial charge < -0.3 is 19.3 Å². The maximum Gasteiger partial charge on any atom is 0.202 e. The molecule has 3 aliphatic rings. The fraction of sp³-hybridized carbons (Fsp3) is 0.727. The van der Waals surface area contributed by atoms with Gasteiger partial charge in [-0.25, -0.2) is 0 Å². The summed E-state index contributed by atoms with van der Waals surface area (Å²) in [6, 6.07) is 6.11. The number of fused-ring (bicyclic) bond motifs is 5. The van der Waals surface area contributed by atoms with Gasteiger partial charge in [-0.05, 0) is 30.9 Å². The van der Waals surface area contributed by atoms with E-state index >= 15 is 0 Å². The van der Waals surface area contributed by atoms with Crippen LogP contribution in [0.15, 0.2) is 18.2 Å². The summed E-state index contributed by atoms with van der Waals surface area (Å²) in [6.07, 6.45) is 11.1. The number of aliphatic hydroxyl groups is 1. The molecule has 1 N–H and O–H groups in total. The van der Waals surface area contributed by atoms with Crippen molar-refractivity contribution in [3.05, 3.63) is 29.3 Å². The second-order valence-corrected chi connectivity index (χ2v) is 8.06. The van der Waals surface area contributed by atoms with Gasteiger partial charge in [-0.1, -0.05) is 50.7 Å². The summed E-state index contributed by atoms with van der Waals surface area (Å²) in [5.41, 5.74) is 0.988. The van der Waals surface area contributed by atoms with E-state index in [1.54, 1.807) is 7.11 Å². The first-order chi connectivity index (χ1) is 12.7. The number of hydrogen-bond acceptors (Lipinski definition) is 4. The topological polar surface area (TPSA) is 47.9 Å². The minimum atomic E-state index is -1.12. The summed E-state index contributed by atoms with van der Waals surface area (Å²) in [4.78, 5) is 0. The third-order valence-electron chi connectivity index (χ3n) is 6.58. The Morgan fingerprint density at radius 3 is 2.38 bits per heavy atom. The molecule has 1 spiro atoms. The highest BCUT2D eigenvalue weighted by Gasteiger charge is 2.66. The minimum absolute atomic E-state index is 0.0603. The number of methoxy groups -OCH3 is 1. The monoisotopic (exact) mass is 360 g/mol. The fourth-order valence-electron chi connectivity index (χ4n) is 5.28. The molecule has 2 aliphatic carbocycles. The summed E-state index contributed by atoms with van der Waals surface area (Å²) in [5.74, 6) is -0.118. The van der Waals surface area contributed by atoms with E-state index in [9.17, 15) is 5.11 Å². The molecule has 1 aromatic rings. The Kier molecular flexibility index (Phi) is 5.27. The van der Waals surface area contributed by atoms with Gasteiger partial charge >= 0.3 is 0 Å². The Bertz CT molecular complexity index is 623. The normalized spacial score (nSPS) is 31.7. The Morgan fingerprint density at radius 1 is 0.962 bits per heavy atom. The smallest absolute Gasteiger partial charge is 0.202 e. The van der Waals surface area contributed by atoms with Gasteiger partial charge in [0.1, 0.15) is 5.75 Å². The molecule has 1 heterocycles. The van der Waals surface area contributed by atoms with E-state index in [-0.39, 0.29) is 5.92 Å². The summed E-state index contributed by atoms with van der Waals surface area (Å²) in [7, 11) is 1.68. The van der Waals surface area contributed by atoms with Gasteiger partial charge in [0.05, 0.1) is 20.3 Å². The van der Waals surface area contributed by atoms with Crippen LogP contribution in [0.5, 0.6) is 5.75 Å². The van der Waals surface area contributed by atoms with Crippen LogP contribution in [0, 0.1) is 0 Å². The molecular formula is C22H32O4. The van der Waals surface area contributed by atoms with Crippen molar-refractivity contribution >= 4 is 0 Å². The second kappa shape index (κ2) is 7.49. The molecule has 1 aliphatic heterocycles. The highest BCUT2D eigenvalue weighted by molar-refractivity contribution is 5.57. The van der Waals surface area contributed by atoms with Crippen LogP contribution >= 0.6 is 0 Å². The van der Waals surface area contributed by atoms with Gasteiger partial charge in [-0.2, -0.15) is 0 Å². The van der Waals surface area contributed by atoms with Gasteiger partial charge in [0, 0.05) is 17.9 Å². The first-order valence-electron chi connectivity index (χ1n) is 10.4. The zero-order valence-corrected chi connectivity index (χ0v) is 16.0. The van der Waals surface area contributed by atoms with Crippen LogP contribution in [0.1, 0.15) is 81.3 Å². The first kappa shape index (κ1) is 18.3. The summed E-state index contributed by atoms with van der Waals surface area (Å²) >= 11 is 0. The van der Waals surface area contributed by atoms with Crippen molar-refractivity contribution in [2.45, 2.75) is 81.5 Å². The lowest BCUT2D eigenvalue weighted by molar-refractivity contribution is -0.364. The largest absolute Gasteiger partial charge is 0.496 e. The molecule has 0 aromatic heterocycles. The third-order valence-corrected chi connectivity index (χ3v) is 6.58. The van der Waals surface area contributed by atoms with E-state index in [0.717, 1.165) is 43.4 Å². The van der Waals surface area contributed by atoms with Gasteiger partial charge in [0.25, 0.3) is 0 Å². The summed E-state index contributed by atoms with van der Waals surface area (Å²) < 4.78 is 18.2. The molecule has 0 unspecified atom stereocenters. The number of benzene rings is 1. The van der Waals surface area contributed by atoms with Crippen molar-refractivity contribution in [1.82, 2.24) is 0 Å². The molecule has 1 saturated heterocycles. The van der Waals surface area contributed by atoms with Crippen LogP contribution in [-0.2, 0) is 15.1 Å². The van der Waals surface area contributed by atoms with Gasteiger partial charge in [0.15, 0.2) is 5.60 Å². The number of hydrogen-bond donors (Lipinski definition) is 1. The van der Waals surface area contributed by atoms with E-state index in [1.807, 2.05) is 12.1 Å². The third kappa shape index (κ3) is 2.78. The predicted octanol–water partition coefficient (Wildman–Crippen LogP) is 4.64. The Hall–Kier alpha value is -1.10. The minimum Gasteiger partial charge on any atom is -0.496 e. The van der Waals surface area contributed by atoms with Crippen LogP contribution in [0.3, 0.4) is 0 Å². The molecule has 144 valence electrons. The molecule has 4 heteroatoms. The van der Waals surface area contributed by atoms with Gasteiger partial charge in [-0.15, -0.1) is 0 Å². The molecule has 0 radical (unpaired) electrons. The maximum atomic E-state index is 12.1. The number of ether oxygens (including phenoxy) is 3. The lowest BCUT2D eigenvalue weighted by Crippen LogP contribution is -2.64. The van der Waals surface area contributed by atoms with Crippen molar-refractivity contribution in [3.8, 4) is 5.75 Å². The maximum absolute atomic E-state index is 12.1. The zero-order valence-electron chi connectivity index (χ0n) is 16.0.